The van der Waals surface area contributed by atoms with Gasteiger partial charge in [-0.1, -0.05) is 18.3 Å². The third-order valence-electron chi connectivity index (χ3n) is 1.95. The second-order valence-electron chi connectivity index (χ2n) is 3.33. The first-order valence-corrected chi connectivity index (χ1v) is 5.77. The van der Waals surface area contributed by atoms with E-state index in [-0.39, 0.29) is 0 Å². The highest BCUT2D eigenvalue weighted by atomic mass is 32.1. The Kier molecular flexibility index (Phi) is 5.64. The van der Waals surface area contributed by atoms with Crippen LogP contribution in [0.25, 0.3) is 0 Å². The van der Waals surface area contributed by atoms with Gasteiger partial charge in [0, 0.05) is 12.5 Å². The van der Waals surface area contributed by atoms with Crippen molar-refractivity contribution in [1.82, 2.24) is 0 Å². The van der Waals surface area contributed by atoms with E-state index in [1.807, 2.05) is 31.2 Å². The average molecular weight is 239 g/mol. The third kappa shape index (κ3) is 4.98. The van der Waals surface area contributed by atoms with Gasteiger partial charge in [-0.3, -0.25) is 0 Å². The van der Waals surface area contributed by atoms with Crippen molar-refractivity contribution < 1.29 is 9.47 Å². The van der Waals surface area contributed by atoms with E-state index in [0.29, 0.717) is 18.2 Å². The van der Waals surface area contributed by atoms with Gasteiger partial charge in [0.25, 0.3) is 0 Å². The standard InChI is InChI=1S/C12H17NO2S/c1-2-14-10-5-3-6-11(9-10)15-8-4-7-12(13)16/h3,5-6,9H,2,4,7-8H2,1H3,(H2,13,16). The molecule has 0 bridgehead atoms. The summed E-state index contributed by atoms with van der Waals surface area (Å²) in [5.41, 5.74) is 5.39. The summed E-state index contributed by atoms with van der Waals surface area (Å²) in [6.45, 7) is 3.23. The van der Waals surface area contributed by atoms with Crippen LogP contribution in [0.2, 0.25) is 0 Å². The van der Waals surface area contributed by atoms with Gasteiger partial charge in [-0.25, -0.2) is 0 Å². The quantitative estimate of drug-likeness (QED) is 0.586. The van der Waals surface area contributed by atoms with Crippen molar-refractivity contribution in [3.8, 4) is 11.5 Å². The van der Waals surface area contributed by atoms with Crippen LogP contribution in [-0.2, 0) is 0 Å². The van der Waals surface area contributed by atoms with Crippen molar-refractivity contribution in [2.75, 3.05) is 13.2 Å². The van der Waals surface area contributed by atoms with Crippen LogP contribution in [0.4, 0.5) is 0 Å². The first kappa shape index (κ1) is 12.8. The predicted octanol–water partition coefficient (Wildman–Crippen LogP) is 2.53. The van der Waals surface area contributed by atoms with Crippen molar-refractivity contribution >= 4 is 17.2 Å². The molecule has 0 heterocycles. The van der Waals surface area contributed by atoms with Crippen LogP contribution in [0.3, 0.4) is 0 Å². The molecule has 0 aliphatic rings. The fourth-order valence-corrected chi connectivity index (χ4v) is 1.40. The number of hydrogen-bond donors (Lipinski definition) is 1. The maximum atomic E-state index is 5.55. The summed E-state index contributed by atoms with van der Waals surface area (Å²) < 4.78 is 10.9. The number of nitrogens with two attached hydrogens (primary N) is 1. The second-order valence-corrected chi connectivity index (χ2v) is 3.85. The Labute approximate surface area is 102 Å². The molecular weight excluding hydrogens is 222 g/mol. The monoisotopic (exact) mass is 239 g/mol. The molecule has 0 aromatic heterocycles. The van der Waals surface area contributed by atoms with Gasteiger partial charge in [-0.15, -0.1) is 0 Å². The Hall–Kier alpha value is -1.29. The highest BCUT2D eigenvalue weighted by molar-refractivity contribution is 7.80. The molecule has 2 N–H and O–H groups in total. The zero-order chi connectivity index (χ0) is 11.8. The number of thiocarbonyl (C=S) groups is 1. The van der Waals surface area contributed by atoms with Crippen molar-refractivity contribution in [2.24, 2.45) is 5.73 Å². The van der Waals surface area contributed by atoms with Gasteiger partial charge in [0.1, 0.15) is 11.5 Å². The summed E-state index contributed by atoms with van der Waals surface area (Å²) in [5, 5.41) is 0. The number of hydrogen-bond acceptors (Lipinski definition) is 3. The Morgan fingerprint density at radius 2 is 2.00 bits per heavy atom. The molecule has 1 rings (SSSR count). The van der Waals surface area contributed by atoms with Gasteiger partial charge in [-0.05, 0) is 25.5 Å². The smallest absolute Gasteiger partial charge is 0.122 e. The molecule has 0 amide bonds. The molecule has 0 aliphatic carbocycles. The van der Waals surface area contributed by atoms with Gasteiger partial charge < -0.3 is 15.2 Å². The largest absolute Gasteiger partial charge is 0.494 e. The van der Waals surface area contributed by atoms with Crippen LogP contribution < -0.4 is 15.2 Å². The van der Waals surface area contributed by atoms with Gasteiger partial charge in [0.15, 0.2) is 0 Å². The van der Waals surface area contributed by atoms with Crippen LogP contribution >= 0.6 is 12.2 Å². The first-order chi connectivity index (χ1) is 7.72. The SMILES string of the molecule is CCOc1cccc(OCCCC(N)=S)c1. The Morgan fingerprint density at radius 3 is 2.62 bits per heavy atom. The molecule has 88 valence electrons. The summed E-state index contributed by atoms with van der Waals surface area (Å²) in [6.07, 6.45) is 1.56. The lowest BCUT2D eigenvalue weighted by atomic mass is 10.3. The van der Waals surface area contributed by atoms with Crippen molar-refractivity contribution in [3.05, 3.63) is 24.3 Å². The van der Waals surface area contributed by atoms with Crippen molar-refractivity contribution in [1.29, 1.82) is 0 Å². The van der Waals surface area contributed by atoms with E-state index >= 15 is 0 Å². The first-order valence-electron chi connectivity index (χ1n) is 5.36. The molecule has 0 spiro atoms. The van der Waals surface area contributed by atoms with Gasteiger partial charge in [0.2, 0.25) is 0 Å². The van der Waals surface area contributed by atoms with Gasteiger partial charge >= 0.3 is 0 Å². The van der Waals surface area contributed by atoms with E-state index in [2.05, 4.69) is 0 Å². The Morgan fingerprint density at radius 1 is 1.31 bits per heavy atom. The zero-order valence-electron chi connectivity index (χ0n) is 9.44. The molecule has 0 saturated heterocycles. The minimum absolute atomic E-state index is 0.534. The fourth-order valence-electron chi connectivity index (χ4n) is 1.26. The van der Waals surface area contributed by atoms with Gasteiger partial charge in [-0.2, -0.15) is 0 Å². The van der Waals surface area contributed by atoms with E-state index < -0.39 is 0 Å². The zero-order valence-corrected chi connectivity index (χ0v) is 10.3. The maximum Gasteiger partial charge on any atom is 0.122 e. The van der Waals surface area contributed by atoms with E-state index in [1.54, 1.807) is 0 Å². The summed E-state index contributed by atoms with van der Waals surface area (Å²) >= 11 is 4.78. The third-order valence-corrected chi connectivity index (χ3v) is 2.16. The highest BCUT2D eigenvalue weighted by Crippen LogP contribution is 2.19. The van der Waals surface area contributed by atoms with E-state index in [4.69, 9.17) is 27.4 Å². The molecule has 1 aromatic carbocycles. The fraction of sp³-hybridized carbons (Fsp3) is 0.417. The van der Waals surface area contributed by atoms with Crippen LogP contribution in [0.1, 0.15) is 19.8 Å². The lowest BCUT2D eigenvalue weighted by Crippen LogP contribution is -2.09. The molecule has 0 fully saturated rings. The lowest BCUT2D eigenvalue weighted by molar-refractivity contribution is 0.306. The van der Waals surface area contributed by atoms with Crippen molar-refractivity contribution in [3.63, 3.8) is 0 Å². The van der Waals surface area contributed by atoms with Gasteiger partial charge in [0.05, 0.1) is 18.2 Å². The van der Waals surface area contributed by atoms with Crippen LogP contribution in [0.15, 0.2) is 24.3 Å². The molecule has 16 heavy (non-hydrogen) atoms. The molecule has 0 unspecified atom stereocenters. The molecule has 4 heteroatoms. The molecule has 0 atom stereocenters. The summed E-state index contributed by atoms with van der Waals surface area (Å²) in [7, 11) is 0. The van der Waals surface area contributed by atoms with E-state index in [0.717, 1.165) is 24.3 Å². The number of rotatable bonds is 7. The molecular formula is C12H17NO2S. The molecule has 3 nitrogen and oxygen atoms in total. The van der Waals surface area contributed by atoms with Crippen molar-refractivity contribution in [2.45, 2.75) is 19.8 Å². The van der Waals surface area contributed by atoms with Crippen LogP contribution in [0, 0.1) is 0 Å². The summed E-state index contributed by atoms with van der Waals surface area (Å²) in [5.74, 6) is 1.64. The van der Waals surface area contributed by atoms with E-state index in [1.165, 1.54) is 0 Å². The lowest BCUT2D eigenvalue weighted by Gasteiger charge is -2.08. The normalized spacial score (nSPS) is 9.81. The predicted molar refractivity (Wildman–Crippen MR) is 69.1 cm³/mol. The van der Waals surface area contributed by atoms with Crippen LogP contribution in [-0.4, -0.2) is 18.2 Å². The minimum atomic E-state index is 0.534. The molecule has 1 aromatic rings. The Bertz CT molecular complexity index is 342. The molecule has 0 aliphatic heterocycles. The topological polar surface area (TPSA) is 44.5 Å². The number of ether oxygens (including phenoxy) is 2. The maximum absolute atomic E-state index is 5.55. The number of benzene rings is 1. The van der Waals surface area contributed by atoms with Crippen LogP contribution in [0.5, 0.6) is 11.5 Å². The Balaban J connectivity index is 2.35. The highest BCUT2D eigenvalue weighted by Gasteiger charge is 1.97. The second kappa shape index (κ2) is 7.06. The van der Waals surface area contributed by atoms with E-state index in [9.17, 15) is 0 Å². The molecule has 0 radical (unpaired) electrons. The average Bonchev–Trinajstić information content (AvgIpc) is 2.25. The minimum Gasteiger partial charge on any atom is -0.494 e. The summed E-state index contributed by atoms with van der Waals surface area (Å²) in [4.78, 5) is 0.534. The molecule has 0 saturated carbocycles. The summed E-state index contributed by atoms with van der Waals surface area (Å²) in [6, 6.07) is 7.60.